The van der Waals surface area contributed by atoms with Crippen LogP contribution in [0.2, 0.25) is 0 Å². The van der Waals surface area contributed by atoms with Crippen molar-refractivity contribution in [2.24, 2.45) is 22.1 Å². The van der Waals surface area contributed by atoms with Crippen LogP contribution in [0.3, 0.4) is 0 Å². The largest absolute Gasteiger partial charge is 0.422 e. The quantitative estimate of drug-likeness (QED) is 0.0263. The SMILES string of the molecule is CCCC(=O)Oc1c(OC(=O)CCCN=[N+]=[N-])ccc2c1-c1cccc3c1[C@@H](C2)C(C)CC3.CCCC(=O)Oc1ccc2c(c1OC(=O)CCCN=[N+]=[N-])-c1cccc3c1[C@@H](C2)C(C)CC3.Cl.Cl. The third-order valence-electron chi connectivity index (χ3n) is 13.3. The summed E-state index contributed by atoms with van der Waals surface area (Å²) in [6.07, 6.45) is 9.07. The van der Waals surface area contributed by atoms with Crippen LogP contribution in [0.25, 0.3) is 43.1 Å². The Bertz CT molecular complexity index is 2610. The van der Waals surface area contributed by atoms with E-state index in [0.29, 0.717) is 60.9 Å². The van der Waals surface area contributed by atoms with E-state index in [2.05, 4.69) is 70.3 Å². The molecule has 0 saturated carbocycles. The standard InChI is InChI=1S/2C26H29N3O4.2ClH/c1-3-6-22(30)33-26-21(32-23(31)9-5-14-28-29-27)13-12-18-15-20-16(2)10-11-17-7-4-8-19(24(17)20)25(18)26;1-3-6-22(30)32-21-13-12-18-15-20-16(2)10-11-17-7-4-8-19(24(17)20)25(18)26(21)33-23(31)9-5-14-28-29-27;;/h2*4,7-8,12-13,16,20H,3,5-6,9-11,14-15H2,1-2H3;2*1H/t2*16?,20-;;/m00../s1. The molecular formula is C52H60Cl2N6O8. The number of carbonyl (C=O) groups excluding carboxylic acids is 4. The van der Waals surface area contributed by atoms with Gasteiger partial charge in [-0.3, -0.25) is 19.2 Å². The molecule has 0 heterocycles. The van der Waals surface area contributed by atoms with Crippen molar-refractivity contribution >= 4 is 48.7 Å². The van der Waals surface area contributed by atoms with Gasteiger partial charge in [0.2, 0.25) is 0 Å². The highest BCUT2D eigenvalue weighted by atomic mass is 35.5. The fraction of sp³-hybridized carbons (Fsp3) is 0.462. The summed E-state index contributed by atoms with van der Waals surface area (Å²) in [5.74, 6) is 1.61. The minimum Gasteiger partial charge on any atom is -0.422 e. The van der Waals surface area contributed by atoms with Gasteiger partial charge in [-0.15, -0.1) is 24.8 Å². The zero-order chi connectivity index (χ0) is 46.7. The van der Waals surface area contributed by atoms with Gasteiger partial charge in [0, 0.05) is 59.7 Å². The van der Waals surface area contributed by atoms with E-state index in [4.69, 9.17) is 30.0 Å². The highest BCUT2D eigenvalue weighted by Crippen LogP contribution is 2.55. The van der Waals surface area contributed by atoms with Gasteiger partial charge >= 0.3 is 23.9 Å². The van der Waals surface area contributed by atoms with Crippen LogP contribution >= 0.6 is 24.8 Å². The Morgan fingerprint density at radius 1 is 0.559 bits per heavy atom. The third kappa shape index (κ3) is 12.0. The number of aryl methyl sites for hydroxylation is 2. The molecule has 0 aliphatic heterocycles. The molecule has 4 atom stereocenters. The van der Waals surface area contributed by atoms with Crippen molar-refractivity contribution < 1.29 is 38.1 Å². The number of azide groups is 2. The maximum Gasteiger partial charge on any atom is 0.311 e. The Kier molecular flexibility index (Phi) is 19.3. The van der Waals surface area contributed by atoms with Crippen molar-refractivity contribution in [1.29, 1.82) is 0 Å². The summed E-state index contributed by atoms with van der Waals surface area (Å²) in [6.45, 7) is 8.90. The van der Waals surface area contributed by atoms with E-state index in [0.717, 1.165) is 65.5 Å². The van der Waals surface area contributed by atoms with E-state index < -0.39 is 11.9 Å². The highest BCUT2D eigenvalue weighted by molar-refractivity contribution is 5.89. The molecule has 0 bridgehead atoms. The predicted molar refractivity (Wildman–Crippen MR) is 265 cm³/mol. The Morgan fingerprint density at radius 3 is 1.37 bits per heavy atom. The minimum atomic E-state index is -0.451. The van der Waals surface area contributed by atoms with Gasteiger partial charge < -0.3 is 18.9 Å². The Hall–Kier alpha value is -6.04. The average molecular weight is 968 g/mol. The lowest BCUT2D eigenvalue weighted by atomic mass is 9.67. The molecule has 0 amide bonds. The van der Waals surface area contributed by atoms with Crippen molar-refractivity contribution in [2.75, 3.05) is 13.1 Å². The molecule has 68 heavy (non-hydrogen) atoms. The van der Waals surface area contributed by atoms with Crippen molar-refractivity contribution in [3.8, 4) is 45.3 Å². The lowest BCUT2D eigenvalue weighted by Crippen LogP contribution is -2.25. The molecule has 4 aliphatic carbocycles. The molecule has 4 aliphatic rings. The summed E-state index contributed by atoms with van der Waals surface area (Å²) in [6, 6.07) is 20.1. The maximum atomic E-state index is 12.7. The van der Waals surface area contributed by atoms with Crippen LogP contribution in [-0.4, -0.2) is 37.0 Å². The number of rotatable bonds is 16. The van der Waals surface area contributed by atoms with Gasteiger partial charge in [0.05, 0.1) is 0 Å². The molecule has 360 valence electrons. The molecule has 0 radical (unpaired) electrons. The summed E-state index contributed by atoms with van der Waals surface area (Å²) < 4.78 is 23.0. The minimum absolute atomic E-state index is 0. The number of nitrogens with zero attached hydrogens (tertiary/aromatic N) is 6. The molecule has 0 saturated heterocycles. The van der Waals surface area contributed by atoms with Gasteiger partial charge in [-0.2, -0.15) is 0 Å². The first-order valence-corrected chi connectivity index (χ1v) is 23.5. The molecule has 14 nitrogen and oxygen atoms in total. The van der Waals surface area contributed by atoms with Gasteiger partial charge in [-0.25, -0.2) is 0 Å². The third-order valence-corrected chi connectivity index (χ3v) is 13.3. The van der Waals surface area contributed by atoms with Crippen molar-refractivity contribution in [2.45, 2.75) is 129 Å². The summed E-state index contributed by atoms with van der Waals surface area (Å²) in [5.41, 5.74) is 28.3. The fourth-order valence-corrected chi connectivity index (χ4v) is 10.1. The second kappa shape index (κ2) is 24.8. The van der Waals surface area contributed by atoms with E-state index >= 15 is 0 Å². The zero-order valence-electron chi connectivity index (χ0n) is 39.2. The first-order chi connectivity index (χ1) is 32.1. The number of esters is 4. The lowest BCUT2D eigenvalue weighted by molar-refractivity contribution is -0.137. The lowest BCUT2D eigenvalue weighted by Gasteiger charge is -2.38. The molecule has 0 aromatic heterocycles. The predicted octanol–water partition coefficient (Wildman–Crippen LogP) is 13.4. The Labute approximate surface area is 409 Å². The maximum absolute atomic E-state index is 12.7. The summed E-state index contributed by atoms with van der Waals surface area (Å²) in [5, 5.41) is 6.92. The van der Waals surface area contributed by atoms with E-state index in [9.17, 15) is 19.2 Å². The van der Waals surface area contributed by atoms with Crippen LogP contribution in [-0.2, 0) is 44.9 Å². The van der Waals surface area contributed by atoms with E-state index in [1.54, 1.807) is 12.1 Å². The number of carbonyl (C=O) groups is 4. The number of ether oxygens (including phenoxy) is 4. The number of benzene rings is 4. The van der Waals surface area contributed by atoms with Crippen LogP contribution in [0.5, 0.6) is 23.0 Å². The van der Waals surface area contributed by atoms with Crippen LogP contribution in [0.15, 0.2) is 70.9 Å². The van der Waals surface area contributed by atoms with Crippen LogP contribution < -0.4 is 18.9 Å². The van der Waals surface area contributed by atoms with E-state index in [-0.39, 0.29) is 87.0 Å². The molecule has 0 spiro atoms. The number of hydrogen-bond donors (Lipinski definition) is 0. The van der Waals surface area contributed by atoms with Crippen molar-refractivity contribution in [3.05, 3.63) is 115 Å². The Balaban J connectivity index is 0.000000247. The van der Waals surface area contributed by atoms with Crippen LogP contribution in [0.1, 0.15) is 137 Å². The summed E-state index contributed by atoms with van der Waals surface area (Å²) in [4.78, 5) is 55.4. The van der Waals surface area contributed by atoms with Gasteiger partial charge in [0.1, 0.15) is 0 Å². The molecule has 8 rings (SSSR count). The normalized spacial score (nSPS) is 17.4. The molecule has 4 aromatic carbocycles. The van der Waals surface area contributed by atoms with Crippen LogP contribution in [0, 0.1) is 11.8 Å². The fourth-order valence-electron chi connectivity index (χ4n) is 10.1. The van der Waals surface area contributed by atoms with Crippen molar-refractivity contribution in [1.82, 2.24) is 0 Å². The monoisotopic (exact) mass is 966 g/mol. The summed E-state index contributed by atoms with van der Waals surface area (Å²) in [7, 11) is 0. The molecular weight excluding hydrogens is 908 g/mol. The number of hydrogen-bond acceptors (Lipinski definition) is 10. The van der Waals surface area contributed by atoms with Crippen LogP contribution in [0.4, 0.5) is 0 Å². The summed E-state index contributed by atoms with van der Waals surface area (Å²) >= 11 is 0. The first kappa shape index (κ1) is 52.9. The topological polar surface area (TPSA) is 203 Å². The second-order valence-electron chi connectivity index (χ2n) is 17.8. The van der Waals surface area contributed by atoms with Gasteiger partial charge in [0.15, 0.2) is 23.0 Å². The van der Waals surface area contributed by atoms with Crippen molar-refractivity contribution in [3.63, 3.8) is 0 Å². The number of halogens is 2. The van der Waals surface area contributed by atoms with Gasteiger partial charge in [-0.05, 0) is 156 Å². The second-order valence-corrected chi connectivity index (χ2v) is 17.8. The highest BCUT2D eigenvalue weighted by Gasteiger charge is 2.38. The van der Waals surface area contributed by atoms with E-state index in [1.165, 1.54) is 28.7 Å². The zero-order valence-corrected chi connectivity index (χ0v) is 40.8. The molecule has 16 heteroatoms. The number of fused-ring (bicyclic) bond motifs is 4. The van der Waals surface area contributed by atoms with Gasteiger partial charge in [-0.1, -0.05) is 86.5 Å². The molecule has 0 N–H and O–H groups in total. The smallest absolute Gasteiger partial charge is 0.311 e. The first-order valence-electron chi connectivity index (χ1n) is 23.5. The average Bonchev–Trinajstić information content (AvgIpc) is 3.30. The van der Waals surface area contributed by atoms with Gasteiger partial charge in [0.25, 0.3) is 0 Å². The Morgan fingerprint density at radius 2 is 0.956 bits per heavy atom. The molecule has 4 aromatic rings. The van der Waals surface area contributed by atoms with E-state index in [1.807, 2.05) is 26.0 Å². The molecule has 0 fully saturated rings. The molecule has 2 unspecified atom stereocenters.